The first-order valence-corrected chi connectivity index (χ1v) is 31.4. The molecule has 0 bridgehead atoms. The topological polar surface area (TPSA) is 213 Å². The monoisotopic (exact) mass is 1490 g/mol. The number of carbonyl (C=O) groups excluding carboxylic acids is 1. The maximum Gasteiger partial charge on any atom is 0.433 e. The highest BCUT2D eigenvalue weighted by Crippen LogP contribution is 2.24. The van der Waals surface area contributed by atoms with E-state index in [0.29, 0.717) is 12.4 Å². The molecule has 17 nitrogen and oxygen atoms in total. The van der Waals surface area contributed by atoms with Crippen LogP contribution in [0.2, 0.25) is 0 Å². The molecule has 101 heavy (non-hydrogen) atoms. The van der Waals surface area contributed by atoms with Crippen LogP contribution in [0.25, 0.3) is 0 Å². The number of aromatic nitrogens is 7. The summed E-state index contributed by atoms with van der Waals surface area (Å²) >= 11 is 8.26. The standard InChI is InChI=1S/C9H11NOS.C9H9NOS.C8H9NO2S.C7H11N.C6H8O3S2.C6H8S.2C5H8N2.C5H6N2.9CH4.9B/c2*1-3-5-11-10-7-9-4-6-12-8(9)2;1-6-7(3-4-12-6)5-9-8(10)11-2;1-6-4-5-8(3)7(6)2;1-5-6(3-4-10-5)9-11(2,7)8;1-5-3-4-7-6(5)2;1-4-5(2)7-3-6-4;1-4-3-6-7-5(4)2;1-5-6-3-2-4-7-5;;;;;;;;;;;;;;;;;;/h3-4,6-7H,1,5H2,2H3;1,4,6-7H,5H2,2H3;3-5H,1-2H3;4-5H,1-3H3;3-4H,1-2H3;3-4H,1-2H3;2*3H,1-2H3,(H,6,7);2-4H,1H3;9*1H4;;;;;;;;;/b10-7+;10-7-;;;;;;;;;;;;;;;;;;;;;;;;;. The second kappa shape index (κ2) is 82.0. The predicted molar refractivity (Wildman–Crippen MR) is 462 cm³/mol. The van der Waals surface area contributed by atoms with Gasteiger partial charge in [0.2, 0.25) is 0 Å². The number of nitrogens with zero attached hydrogens (tertiary/aromatic N) is 8. The molecule has 27 radical (unpaired) electrons. The molecule has 0 saturated heterocycles. The van der Waals surface area contributed by atoms with Gasteiger partial charge in [-0.15, -0.1) is 63.1 Å². The van der Waals surface area contributed by atoms with Crippen molar-refractivity contribution in [2.75, 3.05) is 26.6 Å². The number of ether oxygens (including phenoxy) is 1. The third-order valence-electron chi connectivity index (χ3n) is 10.7. The molecule has 9 heterocycles. The molecular weight excluding hydrogens is 1370 g/mol. The number of hydrogen-bond acceptors (Lipinski definition) is 18. The molecule has 0 spiro atoms. The van der Waals surface area contributed by atoms with Crippen LogP contribution in [-0.2, 0) is 31.6 Å². The third-order valence-corrected chi connectivity index (χ3v) is 15.6. The van der Waals surface area contributed by atoms with Crippen LogP contribution in [0, 0.1) is 102 Å². The van der Waals surface area contributed by atoms with Crippen LogP contribution in [-0.4, -0.2) is 170 Å². The Kier molecular flexibility index (Phi) is 114. The molecule has 0 atom stereocenters. The number of oxime groups is 2. The van der Waals surface area contributed by atoms with Gasteiger partial charge < -0.3 is 28.1 Å². The number of carbonyl (C=O) groups is 1. The van der Waals surface area contributed by atoms with Crippen molar-refractivity contribution in [3.05, 3.63) is 200 Å². The number of nitrogens with one attached hydrogen (secondary N) is 2. The van der Waals surface area contributed by atoms with Crippen molar-refractivity contribution >= 4 is 167 Å². The van der Waals surface area contributed by atoms with Crippen molar-refractivity contribution in [3.8, 4) is 18.1 Å². The van der Waals surface area contributed by atoms with Crippen molar-refractivity contribution in [3.63, 3.8) is 0 Å². The van der Waals surface area contributed by atoms with Crippen LogP contribution < -0.4 is 4.18 Å². The van der Waals surface area contributed by atoms with Crippen LogP contribution in [0.3, 0.4) is 0 Å². The van der Waals surface area contributed by atoms with Gasteiger partial charge in [-0.2, -0.15) is 18.5 Å². The average Bonchev–Trinajstić information content (AvgIpc) is 1.73. The van der Waals surface area contributed by atoms with Gasteiger partial charge in [0.05, 0.1) is 44.0 Å². The number of imidazole rings is 1. The van der Waals surface area contributed by atoms with E-state index in [1.165, 1.54) is 61.7 Å². The minimum absolute atomic E-state index is 0. The Bertz CT molecular complexity index is 3330. The van der Waals surface area contributed by atoms with Gasteiger partial charge in [-0.3, -0.25) is 5.10 Å². The Morgan fingerprint density at radius 2 is 1.03 bits per heavy atom. The third kappa shape index (κ3) is 66.0. The molecule has 0 aromatic carbocycles. The fraction of sp³-hybridized carbons (Fsp3) is 0.391. The van der Waals surface area contributed by atoms with E-state index < -0.39 is 16.2 Å². The minimum Gasteiger partial charge on any atom is -0.451 e. The number of methoxy groups -OCH3 is 1. The Hall–Kier alpha value is -7.01. The molecule has 32 heteroatoms. The number of aryl methyl sites for hydroxylation is 13. The van der Waals surface area contributed by atoms with Gasteiger partial charge in [0.1, 0.15) is 12.4 Å². The van der Waals surface area contributed by atoms with Crippen LogP contribution in [0.1, 0.15) is 153 Å². The number of terminal acetylenes is 1. The molecule has 0 aliphatic heterocycles. The van der Waals surface area contributed by atoms with Crippen LogP contribution in [0.5, 0.6) is 5.75 Å². The van der Waals surface area contributed by atoms with Crippen molar-refractivity contribution in [2.24, 2.45) is 22.4 Å². The second-order valence-electron chi connectivity index (χ2n) is 17.1. The molecule has 545 valence electrons. The smallest absolute Gasteiger partial charge is 0.433 e. The van der Waals surface area contributed by atoms with Crippen molar-refractivity contribution in [1.82, 2.24) is 34.7 Å². The summed E-state index contributed by atoms with van der Waals surface area (Å²) in [5.74, 6) is 3.58. The lowest BCUT2D eigenvalue weighted by Crippen LogP contribution is -2.05. The lowest BCUT2D eigenvalue weighted by molar-refractivity contribution is 0.176. The van der Waals surface area contributed by atoms with E-state index in [4.69, 9.17) is 16.1 Å². The quantitative estimate of drug-likeness (QED) is 0.0250. The maximum absolute atomic E-state index is 10.6. The average molecular weight is 1490 g/mol. The summed E-state index contributed by atoms with van der Waals surface area (Å²) in [6.07, 6.45) is 21.0. The fourth-order valence-electron chi connectivity index (χ4n) is 5.14. The number of amides is 1. The molecule has 0 unspecified atom stereocenters. The highest BCUT2D eigenvalue weighted by atomic mass is 32.2. The number of rotatable bonds is 10. The number of aliphatic imine (C=N–C) groups is 1. The Balaban J connectivity index is -0.0000000472. The first kappa shape index (κ1) is 141. The molecule has 9 aromatic heterocycles. The van der Waals surface area contributed by atoms with Gasteiger partial charge in [0.15, 0.2) is 12.4 Å². The second-order valence-corrected chi connectivity index (χ2v) is 24.3. The maximum atomic E-state index is 10.6. The van der Waals surface area contributed by atoms with E-state index in [-0.39, 0.29) is 149 Å². The molecule has 0 fully saturated rings. The van der Waals surface area contributed by atoms with E-state index in [9.17, 15) is 13.2 Å². The Labute approximate surface area is 652 Å². The highest BCUT2D eigenvalue weighted by Gasteiger charge is 2.07. The minimum atomic E-state index is -3.36. The van der Waals surface area contributed by atoms with Crippen LogP contribution in [0.4, 0.5) is 4.79 Å². The molecule has 1 amide bonds. The fourth-order valence-corrected chi connectivity index (χ4v) is 9.07. The number of aromatic amines is 2. The van der Waals surface area contributed by atoms with Gasteiger partial charge in [-0.05, 0) is 176 Å². The van der Waals surface area contributed by atoms with Gasteiger partial charge in [-0.25, -0.2) is 19.7 Å². The predicted octanol–water partition coefficient (Wildman–Crippen LogP) is 17.4. The van der Waals surface area contributed by atoms with Crippen molar-refractivity contribution in [2.45, 2.75) is 157 Å². The number of thiophene rings is 5. The zero-order valence-electron chi connectivity index (χ0n) is 55.4. The molecule has 0 aliphatic rings. The largest absolute Gasteiger partial charge is 0.451 e. The van der Waals surface area contributed by atoms with Gasteiger partial charge in [0, 0.05) is 166 Å². The lowest BCUT2D eigenvalue weighted by atomic mass is 10.3. The summed E-state index contributed by atoms with van der Waals surface area (Å²) in [6, 6.07) is 13.6. The summed E-state index contributed by atoms with van der Waals surface area (Å²) in [5, 5.41) is 24.0. The lowest BCUT2D eigenvalue weighted by Gasteiger charge is -1.99. The summed E-state index contributed by atoms with van der Waals surface area (Å²) in [6.45, 7) is 30.5. The summed E-state index contributed by atoms with van der Waals surface area (Å²) < 4.78 is 32.4. The van der Waals surface area contributed by atoms with Gasteiger partial charge >= 0.3 is 16.2 Å². The number of hydrogen-bond donors (Lipinski definition) is 2. The van der Waals surface area contributed by atoms with Gasteiger partial charge in [-0.1, -0.05) is 95.7 Å². The Morgan fingerprint density at radius 1 is 0.594 bits per heavy atom. The van der Waals surface area contributed by atoms with E-state index in [1.54, 1.807) is 100 Å². The van der Waals surface area contributed by atoms with E-state index in [0.717, 1.165) is 55.6 Å². The SMILES string of the molecule is C.C.C.C.C.C.C.C.C.C#CCO/N=C\c1ccsc1C.C=CCO/N=C/c1ccsc1C.COC(=O)N=Cc1ccsc1C.Cc1ccn(C)c1C.Cc1ccsc1C.Cc1cn[nH]c1C.Cc1nc[nH]c1C.Cc1ncccn1.Cc1sccc1OS(C)(=O)=O.[B].[B].[B].[B].[B].[B].[B].[B].[B]. The van der Waals surface area contributed by atoms with E-state index in [1.807, 2.05) is 95.9 Å². The first-order valence-electron chi connectivity index (χ1n) is 25.2. The molecule has 2 N–H and O–H groups in total. The Morgan fingerprint density at radius 3 is 1.27 bits per heavy atom. The molecule has 0 saturated carbocycles. The zero-order chi connectivity index (χ0) is 62.2. The summed E-state index contributed by atoms with van der Waals surface area (Å²) in [7, 11) is 0.000657. The van der Waals surface area contributed by atoms with Gasteiger partial charge in [0.25, 0.3) is 0 Å². The molecule has 9 aromatic rings. The summed E-state index contributed by atoms with van der Waals surface area (Å²) in [4.78, 5) is 44.4. The molecular formula is C69H114B9N10O7S6. The zero-order valence-corrected chi connectivity index (χ0v) is 60.3. The first-order chi connectivity index (χ1) is 39.4. The normalized spacial score (nSPS) is 8.27. The highest BCUT2D eigenvalue weighted by molar-refractivity contribution is 7.86. The van der Waals surface area contributed by atoms with E-state index >= 15 is 0 Å². The number of H-pyrrole nitrogens is 2. The van der Waals surface area contributed by atoms with Crippen LogP contribution >= 0.6 is 56.7 Å². The molecule has 0 aliphatic carbocycles. The van der Waals surface area contributed by atoms with Crippen LogP contribution in [0.15, 0.2) is 128 Å². The van der Waals surface area contributed by atoms with E-state index in [2.05, 4.69) is 137 Å². The van der Waals surface area contributed by atoms with Crippen molar-refractivity contribution < 1.29 is 31.8 Å². The summed E-state index contributed by atoms with van der Waals surface area (Å²) in [5.41, 5.74) is 11.9. The molecule has 9 rings (SSSR count). The van der Waals surface area contributed by atoms with Crippen molar-refractivity contribution in [1.29, 1.82) is 0 Å².